The van der Waals surface area contributed by atoms with Crippen LogP contribution < -0.4 is 5.32 Å². The van der Waals surface area contributed by atoms with Gasteiger partial charge in [0.05, 0.1) is 5.92 Å². The van der Waals surface area contributed by atoms with Gasteiger partial charge in [0, 0.05) is 13.1 Å². The van der Waals surface area contributed by atoms with Crippen LogP contribution in [-0.2, 0) is 9.59 Å². The molecule has 1 aliphatic carbocycles. The first kappa shape index (κ1) is 17.8. The van der Waals surface area contributed by atoms with Crippen molar-refractivity contribution in [2.24, 2.45) is 5.92 Å². The zero-order valence-electron chi connectivity index (χ0n) is 15.5. The van der Waals surface area contributed by atoms with Crippen LogP contribution in [0.15, 0.2) is 60.7 Å². The van der Waals surface area contributed by atoms with Gasteiger partial charge in [0.2, 0.25) is 11.8 Å². The monoisotopic (exact) mass is 362 g/mol. The second-order valence-electron chi connectivity index (χ2n) is 7.61. The molecule has 0 radical (unpaired) electrons. The highest BCUT2D eigenvalue weighted by Crippen LogP contribution is 2.43. The van der Waals surface area contributed by atoms with Gasteiger partial charge >= 0.3 is 0 Å². The normalized spacial score (nSPS) is 18.7. The highest BCUT2D eigenvalue weighted by atomic mass is 16.2. The van der Waals surface area contributed by atoms with E-state index in [-0.39, 0.29) is 17.7 Å². The zero-order valence-corrected chi connectivity index (χ0v) is 15.5. The molecule has 4 heteroatoms. The largest absolute Gasteiger partial charge is 0.341 e. The van der Waals surface area contributed by atoms with Crippen LogP contribution >= 0.6 is 0 Å². The molecular weight excluding hydrogens is 336 g/mol. The van der Waals surface area contributed by atoms with Gasteiger partial charge in [0.25, 0.3) is 0 Å². The number of nitrogens with one attached hydrogen (secondary N) is 1. The van der Waals surface area contributed by atoms with E-state index in [0.29, 0.717) is 5.92 Å². The lowest BCUT2D eigenvalue weighted by Crippen LogP contribution is -2.43. The summed E-state index contributed by atoms with van der Waals surface area (Å²) >= 11 is 0. The van der Waals surface area contributed by atoms with Crippen LogP contribution in [0.5, 0.6) is 0 Å². The van der Waals surface area contributed by atoms with Crippen molar-refractivity contribution in [1.29, 1.82) is 0 Å². The van der Waals surface area contributed by atoms with Gasteiger partial charge in [-0.1, -0.05) is 60.7 Å². The van der Waals surface area contributed by atoms with Gasteiger partial charge in [-0.05, 0) is 42.7 Å². The van der Waals surface area contributed by atoms with Crippen LogP contribution in [0, 0.1) is 5.92 Å². The van der Waals surface area contributed by atoms with E-state index in [1.165, 1.54) is 0 Å². The lowest BCUT2D eigenvalue weighted by atomic mass is 9.92. The summed E-state index contributed by atoms with van der Waals surface area (Å²) in [6, 6.07) is 19.0. The lowest BCUT2D eigenvalue weighted by Gasteiger charge is -2.26. The van der Waals surface area contributed by atoms with E-state index in [9.17, 15) is 9.59 Å². The smallest absolute Gasteiger partial charge is 0.249 e. The number of nitrogens with zero attached hydrogens (tertiary/aromatic N) is 1. The molecule has 2 aromatic rings. The van der Waals surface area contributed by atoms with E-state index >= 15 is 0 Å². The van der Waals surface area contributed by atoms with E-state index in [2.05, 4.69) is 5.32 Å². The van der Waals surface area contributed by atoms with Crippen molar-refractivity contribution in [3.8, 4) is 0 Å². The van der Waals surface area contributed by atoms with Crippen LogP contribution in [0.3, 0.4) is 0 Å². The highest BCUT2D eigenvalue weighted by molar-refractivity contribution is 5.91. The molecule has 1 aliphatic heterocycles. The molecule has 1 saturated carbocycles. The summed E-state index contributed by atoms with van der Waals surface area (Å²) in [6.45, 7) is 1.56. The minimum atomic E-state index is -0.609. The average Bonchev–Trinajstić information content (AvgIpc) is 3.38. The Hall–Kier alpha value is -2.62. The summed E-state index contributed by atoms with van der Waals surface area (Å²) in [6.07, 6.45) is 4.22. The first-order chi connectivity index (χ1) is 13.2. The third kappa shape index (κ3) is 4.05. The van der Waals surface area contributed by atoms with Crippen molar-refractivity contribution >= 4 is 11.8 Å². The quantitative estimate of drug-likeness (QED) is 0.853. The number of amides is 2. The minimum absolute atomic E-state index is 0.00894. The topological polar surface area (TPSA) is 49.4 Å². The molecule has 4 nitrogen and oxygen atoms in total. The summed E-state index contributed by atoms with van der Waals surface area (Å²) in [4.78, 5) is 28.3. The molecule has 1 N–H and O–H groups in total. The van der Waals surface area contributed by atoms with Crippen LogP contribution in [-0.4, -0.2) is 29.8 Å². The summed E-state index contributed by atoms with van der Waals surface area (Å²) in [5.41, 5.74) is 1.89. The Balaban J connectivity index is 1.58. The third-order valence-electron chi connectivity index (χ3n) is 5.62. The molecule has 2 atom stereocenters. The molecule has 2 aliphatic rings. The standard InChI is InChI=1S/C23H26N2O2/c26-22(20(18-13-14-18)17-9-3-1-4-10-17)24-21(19-11-5-2-6-12-19)23(27)25-15-7-8-16-25/h1-6,9-12,18,20-21H,7-8,13-16H2,(H,24,26). The highest BCUT2D eigenvalue weighted by Gasteiger charge is 2.39. The molecule has 0 spiro atoms. The Morgan fingerprint density at radius 3 is 1.96 bits per heavy atom. The number of likely N-dealkylation sites (tertiary alicyclic amines) is 1. The van der Waals surface area contributed by atoms with Gasteiger partial charge in [0.15, 0.2) is 0 Å². The van der Waals surface area contributed by atoms with Gasteiger partial charge in [-0.15, -0.1) is 0 Å². The second-order valence-corrected chi connectivity index (χ2v) is 7.61. The third-order valence-corrected chi connectivity index (χ3v) is 5.62. The van der Waals surface area contributed by atoms with Gasteiger partial charge in [-0.3, -0.25) is 9.59 Å². The molecule has 1 saturated heterocycles. The van der Waals surface area contributed by atoms with Crippen molar-refractivity contribution in [3.05, 3.63) is 71.8 Å². The first-order valence-electron chi connectivity index (χ1n) is 9.93. The Bertz CT molecular complexity index is 781. The minimum Gasteiger partial charge on any atom is -0.341 e. The van der Waals surface area contributed by atoms with Crippen molar-refractivity contribution in [1.82, 2.24) is 10.2 Å². The maximum Gasteiger partial charge on any atom is 0.249 e. The number of hydrogen-bond donors (Lipinski definition) is 1. The van der Waals surface area contributed by atoms with E-state index in [0.717, 1.165) is 49.9 Å². The van der Waals surface area contributed by atoms with Crippen molar-refractivity contribution < 1.29 is 9.59 Å². The fraction of sp³-hybridized carbons (Fsp3) is 0.391. The Kier molecular flexibility index (Phi) is 5.23. The first-order valence-corrected chi connectivity index (χ1v) is 9.93. The number of hydrogen-bond acceptors (Lipinski definition) is 2. The van der Waals surface area contributed by atoms with Crippen molar-refractivity contribution in [2.45, 2.75) is 37.6 Å². The van der Waals surface area contributed by atoms with Crippen LogP contribution in [0.25, 0.3) is 0 Å². The summed E-state index contributed by atoms with van der Waals surface area (Å²) in [5, 5.41) is 3.10. The van der Waals surface area contributed by atoms with E-state index < -0.39 is 6.04 Å². The Morgan fingerprint density at radius 2 is 1.41 bits per heavy atom. The van der Waals surface area contributed by atoms with Crippen LogP contribution in [0.4, 0.5) is 0 Å². The van der Waals surface area contributed by atoms with Crippen molar-refractivity contribution in [2.75, 3.05) is 13.1 Å². The Labute approximate surface area is 160 Å². The second kappa shape index (κ2) is 7.95. The maximum atomic E-state index is 13.2. The summed E-state index contributed by atoms with van der Waals surface area (Å²) in [5.74, 6) is 0.175. The molecule has 2 unspecified atom stereocenters. The molecule has 140 valence electrons. The Morgan fingerprint density at radius 1 is 0.852 bits per heavy atom. The predicted molar refractivity (Wildman–Crippen MR) is 105 cm³/mol. The van der Waals surface area contributed by atoms with Gasteiger partial charge in [0.1, 0.15) is 6.04 Å². The van der Waals surface area contributed by atoms with Crippen LogP contribution in [0.1, 0.15) is 48.8 Å². The molecule has 0 aromatic heterocycles. The van der Waals surface area contributed by atoms with E-state index in [1.54, 1.807) is 0 Å². The average molecular weight is 362 g/mol. The summed E-state index contributed by atoms with van der Waals surface area (Å²) < 4.78 is 0. The van der Waals surface area contributed by atoms with E-state index in [1.807, 2.05) is 65.6 Å². The van der Waals surface area contributed by atoms with Gasteiger partial charge in [-0.2, -0.15) is 0 Å². The molecule has 2 aromatic carbocycles. The van der Waals surface area contributed by atoms with Gasteiger partial charge in [-0.25, -0.2) is 0 Å². The maximum absolute atomic E-state index is 13.2. The van der Waals surface area contributed by atoms with Crippen molar-refractivity contribution in [3.63, 3.8) is 0 Å². The number of benzene rings is 2. The number of rotatable bonds is 6. The van der Waals surface area contributed by atoms with E-state index in [4.69, 9.17) is 0 Å². The molecule has 1 heterocycles. The fourth-order valence-electron chi connectivity index (χ4n) is 4.01. The molecule has 4 rings (SSSR count). The SMILES string of the molecule is O=C(NC(C(=O)N1CCCC1)c1ccccc1)C(c1ccccc1)C1CC1. The molecule has 2 amide bonds. The molecule has 2 fully saturated rings. The molecular formula is C23H26N2O2. The van der Waals surface area contributed by atoms with Gasteiger partial charge < -0.3 is 10.2 Å². The predicted octanol–water partition coefficient (Wildman–Crippen LogP) is 3.66. The summed E-state index contributed by atoms with van der Waals surface area (Å²) in [7, 11) is 0. The zero-order chi connectivity index (χ0) is 18.6. The number of carbonyl (C=O) groups excluding carboxylic acids is 2. The lowest BCUT2D eigenvalue weighted by molar-refractivity contribution is -0.136. The molecule has 27 heavy (non-hydrogen) atoms. The van der Waals surface area contributed by atoms with Crippen LogP contribution in [0.2, 0.25) is 0 Å². The molecule has 0 bridgehead atoms. The number of carbonyl (C=O) groups is 2. The fourth-order valence-corrected chi connectivity index (χ4v) is 4.01.